The highest BCUT2D eigenvalue weighted by atomic mass is 32.2. The van der Waals surface area contributed by atoms with Gasteiger partial charge in [0.1, 0.15) is 0 Å². The molecule has 0 fully saturated rings. The van der Waals surface area contributed by atoms with Crippen molar-refractivity contribution >= 4 is 39.9 Å². The SMILES string of the molecule is CCC(Sc1nnc2cc(C)c3ccccc3n12)C(=O)Nc1ccc(C)c(C)c1. The van der Waals surface area contributed by atoms with E-state index < -0.39 is 0 Å². The Kier molecular flexibility index (Phi) is 5.28. The number of aromatic nitrogens is 3. The van der Waals surface area contributed by atoms with Crippen molar-refractivity contribution in [2.45, 2.75) is 44.5 Å². The van der Waals surface area contributed by atoms with Crippen molar-refractivity contribution in [2.75, 3.05) is 5.32 Å². The summed E-state index contributed by atoms with van der Waals surface area (Å²) in [5.74, 6) is -0.0195. The number of anilines is 1. The van der Waals surface area contributed by atoms with Gasteiger partial charge >= 0.3 is 0 Å². The van der Waals surface area contributed by atoms with Gasteiger partial charge in [0, 0.05) is 11.1 Å². The summed E-state index contributed by atoms with van der Waals surface area (Å²) in [7, 11) is 0. The molecule has 0 saturated heterocycles. The summed E-state index contributed by atoms with van der Waals surface area (Å²) < 4.78 is 2.04. The molecule has 0 radical (unpaired) electrons. The summed E-state index contributed by atoms with van der Waals surface area (Å²) >= 11 is 1.46. The highest BCUT2D eigenvalue weighted by molar-refractivity contribution is 8.00. The molecule has 2 heterocycles. The predicted octanol–water partition coefficient (Wildman–Crippen LogP) is 5.32. The molecule has 0 aliphatic rings. The third-order valence-corrected chi connectivity index (χ3v) is 6.57. The smallest absolute Gasteiger partial charge is 0.237 e. The number of amides is 1. The molecule has 4 aromatic rings. The summed E-state index contributed by atoms with van der Waals surface area (Å²) in [6.45, 7) is 8.21. The minimum Gasteiger partial charge on any atom is -0.325 e. The van der Waals surface area contributed by atoms with Crippen LogP contribution in [0.5, 0.6) is 0 Å². The van der Waals surface area contributed by atoms with Gasteiger partial charge in [0.25, 0.3) is 0 Å². The molecule has 0 bridgehead atoms. The van der Waals surface area contributed by atoms with E-state index in [9.17, 15) is 4.79 Å². The number of para-hydroxylation sites is 1. The minimum atomic E-state index is -0.260. The number of aryl methyl sites for hydroxylation is 3. The van der Waals surface area contributed by atoms with E-state index in [-0.39, 0.29) is 11.2 Å². The Hall–Kier alpha value is -2.86. The van der Waals surface area contributed by atoms with Crippen LogP contribution in [0.1, 0.15) is 30.0 Å². The first-order valence-electron chi connectivity index (χ1n) is 9.76. The van der Waals surface area contributed by atoms with Gasteiger partial charge in [0.2, 0.25) is 5.91 Å². The molecule has 0 saturated carbocycles. The van der Waals surface area contributed by atoms with Crippen LogP contribution in [0.25, 0.3) is 16.6 Å². The second kappa shape index (κ2) is 7.87. The molecule has 1 N–H and O–H groups in total. The van der Waals surface area contributed by atoms with Crippen molar-refractivity contribution in [1.29, 1.82) is 0 Å². The van der Waals surface area contributed by atoms with E-state index in [1.165, 1.54) is 17.3 Å². The van der Waals surface area contributed by atoms with E-state index >= 15 is 0 Å². The van der Waals surface area contributed by atoms with Crippen molar-refractivity contribution in [1.82, 2.24) is 14.6 Å². The number of pyridine rings is 1. The average Bonchev–Trinajstić information content (AvgIpc) is 3.11. The topological polar surface area (TPSA) is 59.3 Å². The van der Waals surface area contributed by atoms with Gasteiger partial charge in [-0.2, -0.15) is 0 Å². The van der Waals surface area contributed by atoms with Crippen LogP contribution in [0.15, 0.2) is 53.7 Å². The first-order valence-corrected chi connectivity index (χ1v) is 10.6. The van der Waals surface area contributed by atoms with Crippen LogP contribution in [0.2, 0.25) is 0 Å². The molecule has 1 atom stereocenters. The Labute approximate surface area is 174 Å². The molecule has 0 aliphatic heterocycles. The normalized spacial score (nSPS) is 12.4. The summed E-state index contributed by atoms with van der Waals surface area (Å²) in [6.07, 6.45) is 0.694. The zero-order chi connectivity index (χ0) is 20.5. The number of thioether (sulfide) groups is 1. The molecular weight excluding hydrogens is 380 g/mol. The number of fused-ring (bicyclic) bond motifs is 3. The van der Waals surface area contributed by atoms with Crippen molar-refractivity contribution in [3.63, 3.8) is 0 Å². The summed E-state index contributed by atoms with van der Waals surface area (Å²) in [6, 6.07) is 16.2. The lowest BCUT2D eigenvalue weighted by molar-refractivity contribution is -0.115. The molecule has 29 heavy (non-hydrogen) atoms. The molecule has 1 amide bonds. The van der Waals surface area contributed by atoms with Crippen LogP contribution >= 0.6 is 11.8 Å². The number of rotatable bonds is 5. The monoisotopic (exact) mass is 404 g/mol. The van der Waals surface area contributed by atoms with Crippen LogP contribution in [-0.4, -0.2) is 25.8 Å². The average molecular weight is 405 g/mol. The molecule has 148 valence electrons. The zero-order valence-electron chi connectivity index (χ0n) is 17.1. The third kappa shape index (κ3) is 3.72. The fraction of sp³-hybridized carbons (Fsp3) is 0.261. The van der Waals surface area contributed by atoms with Crippen LogP contribution in [0, 0.1) is 20.8 Å². The van der Waals surface area contributed by atoms with E-state index in [1.807, 2.05) is 54.6 Å². The molecule has 2 aromatic carbocycles. The lowest BCUT2D eigenvalue weighted by Gasteiger charge is -2.15. The van der Waals surface area contributed by atoms with Crippen molar-refractivity contribution < 1.29 is 4.79 Å². The van der Waals surface area contributed by atoms with Crippen molar-refractivity contribution in [3.05, 3.63) is 65.2 Å². The number of hydrogen-bond acceptors (Lipinski definition) is 4. The third-order valence-electron chi connectivity index (χ3n) is 5.26. The Bertz CT molecular complexity index is 1210. The summed E-state index contributed by atoms with van der Waals surface area (Å²) in [4.78, 5) is 12.9. The lowest BCUT2D eigenvalue weighted by Crippen LogP contribution is -2.25. The molecule has 0 spiro atoms. The Balaban J connectivity index is 1.64. The van der Waals surface area contributed by atoms with Gasteiger partial charge in [-0.3, -0.25) is 9.20 Å². The fourth-order valence-electron chi connectivity index (χ4n) is 3.44. The molecule has 5 nitrogen and oxygen atoms in total. The fourth-order valence-corrected chi connectivity index (χ4v) is 4.41. The Morgan fingerprint density at radius 2 is 1.83 bits per heavy atom. The number of carbonyl (C=O) groups is 1. The second-order valence-corrected chi connectivity index (χ2v) is 8.49. The van der Waals surface area contributed by atoms with Crippen LogP contribution < -0.4 is 5.32 Å². The molecular formula is C23H24N4OS. The maximum atomic E-state index is 12.9. The summed E-state index contributed by atoms with van der Waals surface area (Å²) in [5.41, 5.74) is 6.21. The van der Waals surface area contributed by atoms with E-state index in [1.54, 1.807) is 0 Å². The molecule has 6 heteroatoms. The van der Waals surface area contributed by atoms with E-state index in [2.05, 4.69) is 41.5 Å². The van der Waals surface area contributed by atoms with Crippen LogP contribution in [0.3, 0.4) is 0 Å². The van der Waals surface area contributed by atoms with Crippen LogP contribution in [-0.2, 0) is 4.79 Å². The zero-order valence-corrected chi connectivity index (χ0v) is 17.9. The molecule has 2 aromatic heterocycles. The van der Waals surface area contributed by atoms with Crippen molar-refractivity contribution in [3.8, 4) is 0 Å². The predicted molar refractivity (Wildman–Crippen MR) is 120 cm³/mol. The number of hydrogen-bond donors (Lipinski definition) is 1. The minimum absolute atomic E-state index is 0.0195. The van der Waals surface area contributed by atoms with Gasteiger partial charge in [-0.1, -0.05) is 43.0 Å². The van der Waals surface area contributed by atoms with Gasteiger partial charge in [-0.15, -0.1) is 10.2 Å². The van der Waals surface area contributed by atoms with E-state index in [4.69, 9.17) is 0 Å². The number of nitrogens with one attached hydrogen (secondary N) is 1. The van der Waals surface area contributed by atoms with E-state index in [0.717, 1.165) is 38.5 Å². The van der Waals surface area contributed by atoms with Crippen molar-refractivity contribution in [2.24, 2.45) is 0 Å². The van der Waals surface area contributed by atoms with Crippen LogP contribution in [0.4, 0.5) is 5.69 Å². The number of benzene rings is 2. The first-order chi connectivity index (χ1) is 14.0. The second-order valence-electron chi connectivity index (χ2n) is 7.32. The Morgan fingerprint density at radius 3 is 2.59 bits per heavy atom. The molecule has 1 unspecified atom stereocenters. The Morgan fingerprint density at radius 1 is 1.03 bits per heavy atom. The summed E-state index contributed by atoms with van der Waals surface area (Å²) in [5, 5.41) is 13.4. The van der Waals surface area contributed by atoms with Gasteiger partial charge in [0.15, 0.2) is 10.8 Å². The molecule has 0 aliphatic carbocycles. The van der Waals surface area contributed by atoms with Gasteiger partial charge in [0.05, 0.1) is 10.8 Å². The maximum Gasteiger partial charge on any atom is 0.237 e. The molecule has 4 rings (SSSR count). The largest absolute Gasteiger partial charge is 0.325 e. The maximum absolute atomic E-state index is 12.9. The van der Waals surface area contributed by atoms with Gasteiger partial charge < -0.3 is 5.32 Å². The number of carbonyl (C=O) groups excluding carboxylic acids is 1. The highest BCUT2D eigenvalue weighted by Gasteiger charge is 2.22. The highest BCUT2D eigenvalue weighted by Crippen LogP contribution is 2.29. The quantitative estimate of drug-likeness (QED) is 0.458. The van der Waals surface area contributed by atoms with E-state index in [0.29, 0.717) is 6.42 Å². The van der Waals surface area contributed by atoms with Gasteiger partial charge in [-0.05, 0) is 68.1 Å². The standard InChI is InChI=1S/C23H24N4OS/c1-5-20(22(28)24-17-11-10-14(2)15(3)12-17)29-23-26-25-21-13-16(4)18-8-6-7-9-19(18)27(21)23/h6-13,20H,5H2,1-4H3,(H,24,28). The first kappa shape index (κ1) is 19.5. The van der Waals surface area contributed by atoms with Gasteiger partial charge in [-0.25, -0.2) is 0 Å². The lowest BCUT2D eigenvalue weighted by atomic mass is 10.1. The number of nitrogens with zero attached hydrogens (tertiary/aromatic N) is 3.